The first kappa shape index (κ1) is 32.3. The highest BCUT2D eigenvalue weighted by Gasteiger charge is 2.32. The molecule has 3 amide bonds. The Morgan fingerprint density at radius 2 is 1.29 bits per heavy atom. The fourth-order valence-electron chi connectivity index (χ4n) is 3.29. The van der Waals surface area contributed by atoms with Gasteiger partial charge in [-0.25, -0.2) is 4.79 Å². The van der Waals surface area contributed by atoms with Crippen molar-refractivity contribution in [3.63, 3.8) is 0 Å². The molecule has 0 aliphatic rings. The first-order chi connectivity index (χ1) is 16.4. The number of nitrogens with two attached hydrogens (primary N) is 2. The Kier molecular flexibility index (Phi) is 15.5. The first-order valence-electron chi connectivity index (χ1n) is 12.2. The summed E-state index contributed by atoms with van der Waals surface area (Å²) in [7, 11) is 0. The second-order valence-electron chi connectivity index (χ2n) is 8.96. The van der Waals surface area contributed by atoms with Crippen LogP contribution in [0.5, 0.6) is 0 Å². The van der Waals surface area contributed by atoms with Gasteiger partial charge in [0.25, 0.3) is 0 Å². The number of carboxylic acids is 2. The molecule has 0 saturated carbocycles. The molecule has 0 aliphatic carbocycles. The van der Waals surface area contributed by atoms with E-state index in [2.05, 4.69) is 16.0 Å². The standard InChI is InChI=1S/C23H43N5O7/c1-5-13(3)18(25)22(33)27-15(9-7-8-12-24)20(31)26-16(10-11-17(29)30)21(32)28-19(23(34)35)14(4)6-2/h13-16,18-19H,5-12,24-25H2,1-4H3,(H,26,31)(H,27,33)(H,28,32)(H,29,30)(H,34,35). The van der Waals surface area contributed by atoms with Crippen LogP contribution in [0.2, 0.25) is 0 Å². The number of amides is 3. The molecule has 12 nitrogen and oxygen atoms in total. The molecule has 0 aromatic rings. The van der Waals surface area contributed by atoms with Crippen LogP contribution in [0.15, 0.2) is 0 Å². The Labute approximate surface area is 206 Å². The molecule has 0 spiro atoms. The second-order valence-corrected chi connectivity index (χ2v) is 8.96. The molecule has 9 N–H and O–H groups in total. The van der Waals surface area contributed by atoms with Gasteiger partial charge in [-0.05, 0) is 44.1 Å². The normalized spacial score (nSPS) is 16.2. The van der Waals surface area contributed by atoms with Crippen LogP contribution in [0, 0.1) is 11.8 Å². The lowest BCUT2D eigenvalue weighted by atomic mass is 9.98. The van der Waals surface area contributed by atoms with Crippen molar-refractivity contribution < 1.29 is 34.2 Å². The molecule has 6 atom stereocenters. The van der Waals surface area contributed by atoms with Crippen LogP contribution in [-0.2, 0) is 24.0 Å². The summed E-state index contributed by atoms with van der Waals surface area (Å²) in [6.07, 6.45) is 1.83. The third kappa shape index (κ3) is 12.0. The Balaban J connectivity index is 5.66. The van der Waals surface area contributed by atoms with Gasteiger partial charge in [0.05, 0.1) is 6.04 Å². The van der Waals surface area contributed by atoms with Crippen LogP contribution >= 0.6 is 0 Å². The highest BCUT2D eigenvalue weighted by Crippen LogP contribution is 2.11. The minimum absolute atomic E-state index is 0.120. The quantitative estimate of drug-likeness (QED) is 0.125. The molecule has 0 aromatic carbocycles. The smallest absolute Gasteiger partial charge is 0.326 e. The summed E-state index contributed by atoms with van der Waals surface area (Å²) >= 11 is 0. The summed E-state index contributed by atoms with van der Waals surface area (Å²) < 4.78 is 0. The van der Waals surface area contributed by atoms with Crippen molar-refractivity contribution in [1.82, 2.24) is 16.0 Å². The zero-order valence-corrected chi connectivity index (χ0v) is 21.2. The van der Waals surface area contributed by atoms with Crippen LogP contribution in [0.3, 0.4) is 0 Å². The van der Waals surface area contributed by atoms with E-state index in [1.807, 2.05) is 13.8 Å². The number of aliphatic carboxylic acids is 2. The van der Waals surface area contributed by atoms with Crippen LogP contribution in [0.4, 0.5) is 0 Å². The number of carbonyl (C=O) groups excluding carboxylic acids is 3. The van der Waals surface area contributed by atoms with Gasteiger partial charge in [0, 0.05) is 6.42 Å². The number of rotatable bonds is 18. The summed E-state index contributed by atoms with van der Waals surface area (Å²) in [5.41, 5.74) is 11.5. The third-order valence-corrected chi connectivity index (χ3v) is 6.20. The Bertz CT molecular complexity index is 718. The molecular formula is C23H43N5O7. The molecule has 0 heterocycles. The lowest BCUT2D eigenvalue weighted by Crippen LogP contribution is -2.58. The summed E-state index contributed by atoms with van der Waals surface area (Å²) in [5, 5.41) is 26.0. The molecule has 0 radical (unpaired) electrons. The predicted molar refractivity (Wildman–Crippen MR) is 130 cm³/mol. The van der Waals surface area contributed by atoms with E-state index in [1.165, 1.54) is 0 Å². The van der Waals surface area contributed by atoms with Gasteiger partial charge in [-0.1, -0.05) is 40.5 Å². The highest BCUT2D eigenvalue weighted by molar-refractivity contribution is 5.94. The average molecular weight is 502 g/mol. The number of carbonyl (C=O) groups is 5. The van der Waals surface area contributed by atoms with E-state index in [1.54, 1.807) is 13.8 Å². The molecule has 202 valence electrons. The van der Waals surface area contributed by atoms with Crippen molar-refractivity contribution in [3.05, 3.63) is 0 Å². The maximum absolute atomic E-state index is 13.1. The van der Waals surface area contributed by atoms with Gasteiger partial charge in [-0.2, -0.15) is 0 Å². The van der Waals surface area contributed by atoms with E-state index in [0.29, 0.717) is 32.2 Å². The summed E-state index contributed by atoms with van der Waals surface area (Å²) in [6, 6.07) is -4.36. The SMILES string of the molecule is CCC(C)C(N)C(=O)NC(CCCCN)C(=O)NC(CCC(=O)O)C(=O)NC(C(=O)O)C(C)CC. The summed E-state index contributed by atoms with van der Waals surface area (Å²) in [6.45, 7) is 7.53. The number of carboxylic acid groups (broad SMARTS) is 2. The number of hydrogen-bond acceptors (Lipinski definition) is 7. The van der Waals surface area contributed by atoms with Crippen molar-refractivity contribution in [2.24, 2.45) is 23.3 Å². The summed E-state index contributed by atoms with van der Waals surface area (Å²) in [5.74, 6) is -4.93. The van der Waals surface area contributed by atoms with Crippen LogP contribution in [0.1, 0.15) is 72.6 Å². The van der Waals surface area contributed by atoms with Gasteiger partial charge in [0.15, 0.2) is 0 Å². The van der Waals surface area contributed by atoms with E-state index in [9.17, 15) is 29.1 Å². The lowest BCUT2D eigenvalue weighted by molar-refractivity contribution is -0.144. The molecule has 0 fully saturated rings. The third-order valence-electron chi connectivity index (χ3n) is 6.20. The van der Waals surface area contributed by atoms with E-state index in [0.717, 1.165) is 0 Å². The molecule has 0 bridgehead atoms. The van der Waals surface area contributed by atoms with Gasteiger partial charge in [0.1, 0.15) is 18.1 Å². The zero-order valence-electron chi connectivity index (χ0n) is 21.2. The largest absolute Gasteiger partial charge is 0.481 e. The van der Waals surface area contributed by atoms with Crippen molar-refractivity contribution in [2.45, 2.75) is 96.8 Å². The van der Waals surface area contributed by atoms with Crippen molar-refractivity contribution >= 4 is 29.7 Å². The second kappa shape index (κ2) is 16.8. The molecule has 0 rings (SSSR count). The fourth-order valence-corrected chi connectivity index (χ4v) is 3.29. The predicted octanol–water partition coefficient (Wildman–Crippen LogP) is -0.0613. The van der Waals surface area contributed by atoms with E-state index in [4.69, 9.17) is 16.6 Å². The maximum Gasteiger partial charge on any atom is 0.326 e. The van der Waals surface area contributed by atoms with E-state index >= 15 is 0 Å². The van der Waals surface area contributed by atoms with Crippen LogP contribution in [0.25, 0.3) is 0 Å². The number of unbranched alkanes of at least 4 members (excludes halogenated alkanes) is 1. The number of hydrogen-bond donors (Lipinski definition) is 7. The molecule has 0 aromatic heterocycles. The van der Waals surface area contributed by atoms with Gasteiger partial charge in [-0.3, -0.25) is 19.2 Å². The van der Waals surface area contributed by atoms with Gasteiger partial charge in [0.2, 0.25) is 17.7 Å². The monoisotopic (exact) mass is 501 g/mol. The molecule has 0 aliphatic heterocycles. The van der Waals surface area contributed by atoms with Crippen molar-refractivity contribution in [2.75, 3.05) is 6.54 Å². The van der Waals surface area contributed by atoms with E-state index < -0.39 is 66.2 Å². The van der Waals surface area contributed by atoms with Gasteiger partial charge in [-0.15, -0.1) is 0 Å². The van der Waals surface area contributed by atoms with Crippen LogP contribution in [-0.4, -0.2) is 70.6 Å². The zero-order chi connectivity index (χ0) is 27.1. The maximum atomic E-state index is 13.1. The first-order valence-corrected chi connectivity index (χ1v) is 12.2. The fraction of sp³-hybridized carbons (Fsp3) is 0.783. The Morgan fingerprint density at radius 3 is 1.77 bits per heavy atom. The van der Waals surface area contributed by atoms with Crippen LogP contribution < -0.4 is 27.4 Å². The summed E-state index contributed by atoms with van der Waals surface area (Å²) in [4.78, 5) is 61.2. The molecule has 12 heteroatoms. The molecular weight excluding hydrogens is 458 g/mol. The minimum Gasteiger partial charge on any atom is -0.481 e. The lowest BCUT2D eigenvalue weighted by Gasteiger charge is -2.27. The van der Waals surface area contributed by atoms with Gasteiger partial charge >= 0.3 is 11.9 Å². The Hall–Kier alpha value is -2.73. The highest BCUT2D eigenvalue weighted by atomic mass is 16.4. The topological polar surface area (TPSA) is 214 Å². The molecule has 35 heavy (non-hydrogen) atoms. The minimum atomic E-state index is -1.30. The molecule has 0 saturated heterocycles. The van der Waals surface area contributed by atoms with Gasteiger partial charge < -0.3 is 37.6 Å². The Morgan fingerprint density at radius 1 is 0.771 bits per heavy atom. The van der Waals surface area contributed by atoms with E-state index in [-0.39, 0.29) is 18.8 Å². The average Bonchev–Trinajstić information content (AvgIpc) is 2.82. The molecule has 6 unspecified atom stereocenters. The van der Waals surface area contributed by atoms with Crippen molar-refractivity contribution in [3.8, 4) is 0 Å². The van der Waals surface area contributed by atoms with Crippen molar-refractivity contribution in [1.29, 1.82) is 0 Å². The number of nitrogens with one attached hydrogen (secondary N) is 3.